The molecule has 0 amide bonds. The largest absolute Gasteiger partial charge is 0.462 e. The van der Waals surface area contributed by atoms with Gasteiger partial charge in [-0.05, 0) is 19.3 Å². The minimum atomic E-state index is -0.759. The number of carbonyl (C=O) groups is 3. The molecule has 1 atom stereocenters. The number of ether oxygens (including phenoxy) is 3. The van der Waals surface area contributed by atoms with E-state index in [2.05, 4.69) is 20.8 Å². The van der Waals surface area contributed by atoms with Gasteiger partial charge in [-0.1, -0.05) is 297 Å². The Morgan fingerprint density at radius 2 is 0.422 bits per heavy atom. The smallest absolute Gasteiger partial charge is 0.306 e. The maximum atomic E-state index is 12.8. The van der Waals surface area contributed by atoms with Gasteiger partial charge < -0.3 is 14.2 Å². The van der Waals surface area contributed by atoms with Gasteiger partial charge in [-0.3, -0.25) is 14.4 Å². The second-order valence-electron chi connectivity index (χ2n) is 19.9. The number of carbonyl (C=O) groups excluding carboxylic acids is 3. The van der Waals surface area contributed by atoms with Crippen molar-refractivity contribution in [3.8, 4) is 0 Å². The van der Waals surface area contributed by atoms with Crippen molar-refractivity contribution >= 4 is 17.9 Å². The van der Waals surface area contributed by atoms with Crippen LogP contribution in [-0.4, -0.2) is 37.2 Å². The Bertz CT molecular complexity index is 951. The fourth-order valence-electron chi connectivity index (χ4n) is 8.98. The monoisotopic (exact) mass is 905 g/mol. The molecule has 64 heavy (non-hydrogen) atoms. The Morgan fingerprint density at radius 3 is 0.625 bits per heavy atom. The summed E-state index contributed by atoms with van der Waals surface area (Å²) in [6.07, 6.45) is 60.0. The first kappa shape index (κ1) is 62.4. The summed E-state index contributed by atoms with van der Waals surface area (Å²) in [6, 6.07) is 0. The zero-order valence-corrected chi connectivity index (χ0v) is 43.6. The third-order valence-corrected chi connectivity index (χ3v) is 13.4. The van der Waals surface area contributed by atoms with E-state index in [1.807, 2.05) is 0 Å². The molecule has 0 rings (SSSR count). The standard InChI is InChI=1S/C58H112O6/c1-4-7-10-13-16-18-20-22-24-25-26-27-28-29-30-31-32-33-34-35-37-38-40-42-45-48-51-57(60)63-54-55(53-62-56(59)50-47-44-15-12-9-6-3)64-58(61)52-49-46-43-41-39-36-23-21-19-17-14-11-8-5-2/h55H,4-54H2,1-3H3. The molecule has 0 aliphatic heterocycles. The second kappa shape index (κ2) is 54.0. The summed E-state index contributed by atoms with van der Waals surface area (Å²) in [6.45, 7) is 6.64. The molecule has 0 N–H and O–H groups in total. The molecule has 0 aliphatic carbocycles. The average molecular weight is 906 g/mol. The van der Waals surface area contributed by atoms with Crippen LogP contribution in [0.3, 0.4) is 0 Å². The molecule has 0 spiro atoms. The van der Waals surface area contributed by atoms with Gasteiger partial charge in [-0.2, -0.15) is 0 Å². The highest BCUT2D eigenvalue weighted by atomic mass is 16.6. The van der Waals surface area contributed by atoms with Gasteiger partial charge in [-0.15, -0.1) is 0 Å². The zero-order chi connectivity index (χ0) is 46.5. The van der Waals surface area contributed by atoms with E-state index in [0.717, 1.165) is 57.8 Å². The lowest BCUT2D eigenvalue weighted by molar-refractivity contribution is -0.167. The molecule has 380 valence electrons. The number of rotatable bonds is 54. The third kappa shape index (κ3) is 51.4. The van der Waals surface area contributed by atoms with Gasteiger partial charge in [0.05, 0.1) is 0 Å². The molecule has 0 saturated carbocycles. The molecule has 0 aliphatic rings. The maximum absolute atomic E-state index is 12.8. The summed E-state index contributed by atoms with van der Waals surface area (Å²) in [5.41, 5.74) is 0. The van der Waals surface area contributed by atoms with Crippen LogP contribution in [0, 0.1) is 0 Å². The highest BCUT2D eigenvalue weighted by Crippen LogP contribution is 2.18. The summed E-state index contributed by atoms with van der Waals surface area (Å²) >= 11 is 0. The van der Waals surface area contributed by atoms with Crippen LogP contribution in [0.1, 0.15) is 335 Å². The van der Waals surface area contributed by atoms with E-state index in [-0.39, 0.29) is 31.1 Å². The number of hydrogen-bond donors (Lipinski definition) is 0. The first-order valence-corrected chi connectivity index (χ1v) is 29.0. The number of unbranched alkanes of at least 4 members (excludes halogenated alkanes) is 43. The van der Waals surface area contributed by atoms with E-state index >= 15 is 0 Å². The third-order valence-electron chi connectivity index (χ3n) is 13.4. The van der Waals surface area contributed by atoms with E-state index in [0.29, 0.717) is 19.3 Å². The van der Waals surface area contributed by atoms with Crippen LogP contribution < -0.4 is 0 Å². The van der Waals surface area contributed by atoms with Crippen molar-refractivity contribution in [2.45, 2.75) is 341 Å². The summed E-state index contributed by atoms with van der Waals surface area (Å²) in [4.78, 5) is 37.8. The fourth-order valence-corrected chi connectivity index (χ4v) is 8.98. The highest BCUT2D eigenvalue weighted by molar-refractivity contribution is 5.71. The van der Waals surface area contributed by atoms with Gasteiger partial charge in [-0.25, -0.2) is 0 Å². The Morgan fingerprint density at radius 1 is 0.250 bits per heavy atom. The summed E-state index contributed by atoms with van der Waals surface area (Å²) in [7, 11) is 0. The van der Waals surface area contributed by atoms with E-state index < -0.39 is 6.10 Å². The van der Waals surface area contributed by atoms with Gasteiger partial charge in [0.25, 0.3) is 0 Å². The van der Waals surface area contributed by atoms with Crippen LogP contribution in [-0.2, 0) is 28.6 Å². The molecule has 0 bridgehead atoms. The van der Waals surface area contributed by atoms with Crippen molar-refractivity contribution in [3.63, 3.8) is 0 Å². The van der Waals surface area contributed by atoms with E-state index in [4.69, 9.17) is 14.2 Å². The lowest BCUT2D eigenvalue weighted by atomic mass is 10.0. The number of hydrogen-bond acceptors (Lipinski definition) is 6. The molecule has 0 aromatic heterocycles. The SMILES string of the molecule is CCCCCCCCCCCCCCCCCCCCCCCCCCCCC(=O)OCC(COC(=O)CCCCCCCC)OC(=O)CCCCCCCCCCCCCCCC. The van der Waals surface area contributed by atoms with Crippen LogP contribution in [0.25, 0.3) is 0 Å². The van der Waals surface area contributed by atoms with E-state index in [1.54, 1.807) is 0 Å². The molecule has 6 heteroatoms. The summed E-state index contributed by atoms with van der Waals surface area (Å²) in [5.74, 6) is -0.849. The quantitative estimate of drug-likeness (QED) is 0.0344. The first-order valence-electron chi connectivity index (χ1n) is 29.0. The molecule has 0 aromatic rings. The van der Waals surface area contributed by atoms with Crippen LogP contribution in [0.2, 0.25) is 0 Å². The topological polar surface area (TPSA) is 78.9 Å². The lowest BCUT2D eigenvalue weighted by Crippen LogP contribution is -2.30. The molecule has 0 aromatic carbocycles. The summed E-state index contributed by atoms with van der Waals surface area (Å²) < 4.78 is 16.8. The van der Waals surface area contributed by atoms with Crippen molar-refractivity contribution in [2.24, 2.45) is 0 Å². The van der Waals surface area contributed by atoms with E-state index in [1.165, 1.54) is 238 Å². The Hall–Kier alpha value is -1.59. The lowest BCUT2D eigenvalue weighted by Gasteiger charge is -2.18. The Labute approximate surface area is 399 Å². The molecule has 0 fully saturated rings. The van der Waals surface area contributed by atoms with Gasteiger partial charge in [0.2, 0.25) is 0 Å². The Kier molecular flexibility index (Phi) is 52.7. The predicted octanol–water partition coefficient (Wildman–Crippen LogP) is 19.2. The van der Waals surface area contributed by atoms with Crippen LogP contribution in [0.4, 0.5) is 0 Å². The van der Waals surface area contributed by atoms with Gasteiger partial charge in [0, 0.05) is 19.3 Å². The van der Waals surface area contributed by atoms with E-state index in [9.17, 15) is 14.4 Å². The number of esters is 3. The minimum absolute atomic E-state index is 0.0624. The van der Waals surface area contributed by atoms with Crippen molar-refractivity contribution < 1.29 is 28.6 Å². The average Bonchev–Trinajstić information content (AvgIpc) is 3.29. The van der Waals surface area contributed by atoms with Crippen molar-refractivity contribution in [2.75, 3.05) is 13.2 Å². The van der Waals surface area contributed by atoms with Gasteiger partial charge in [0.15, 0.2) is 6.10 Å². The normalized spacial score (nSPS) is 11.9. The molecular weight excluding hydrogens is 793 g/mol. The first-order chi connectivity index (χ1) is 31.5. The van der Waals surface area contributed by atoms with Crippen LogP contribution >= 0.6 is 0 Å². The van der Waals surface area contributed by atoms with Crippen molar-refractivity contribution in [1.82, 2.24) is 0 Å². The van der Waals surface area contributed by atoms with Crippen LogP contribution in [0.15, 0.2) is 0 Å². The minimum Gasteiger partial charge on any atom is -0.462 e. The van der Waals surface area contributed by atoms with Crippen molar-refractivity contribution in [1.29, 1.82) is 0 Å². The molecule has 0 heterocycles. The molecule has 6 nitrogen and oxygen atoms in total. The maximum Gasteiger partial charge on any atom is 0.306 e. The fraction of sp³-hybridized carbons (Fsp3) is 0.948. The predicted molar refractivity (Wildman–Crippen MR) is 275 cm³/mol. The second-order valence-corrected chi connectivity index (χ2v) is 19.9. The zero-order valence-electron chi connectivity index (χ0n) is 43.6. The molecule has 0 saturated heterocycles. The molecular formula is C58H112O6. The van der Waals surface area contributed by atoms with Crippen LogP contribution in [0.5, 0.6) is 0 Å². The highest BCUT2D eigenvalue weighted by Gasteiger charge is 2.19. The summed E-state index contributed by atoms with van der Waals surface area (Å²) in [5, 5.41) is 0. The Balaban J connectivity index is 3.98. The molecule has 1 unspecified atom stereocenters. The molecule has 0 radical (unpaired) electrons. The van der Waals surface area contributed by atoms with Crippen molar-refractivity contribution in [3.05, 3.63) is 0 Å². The van der Waals surface area contributed by atoms with Gasteiger partial charge >= 0.3 is 17.9 Å². The van der Waals surface area contributed by atoms with Gasteiger partial charge in [0.1, 0.15) is 13.2 Å².